The molecule has 1 amide bonds. The topological polar surface area (TPSA) is 102 Å². The first kappa shape index (κ1) is 25.7. The maximum Gasteiger partial charge on any atom is 0.251 e. The van der Waals surface area contributed by atoms with Gasteiger partial charge in [0.25, 0.3) is 5.91 Å². The van der Waals surface area contributed by atoms with Crippen molar-refractivity contribution in [3.8, 4) is 0 Å². The Kier molecular flexibility index (Phi) is 7.63. The van der Waals surface area contributed by atoms with Crippen LogP contribution in [-0.4, -0.2) is 44.9 Å². The van der Waals surface area contributed by atoms with Gasteiger partial charge in [0.15, 0.2) is 5.78 Å². The van der Waals surface area contributed by atoms with Crippen molar-refractivity contribution < 1.29 is 27.1 Å². The van der Waals surface area contributed by atoms with Crippen LogP contribution in [0.1, 0.15) is 28.4 Å². The Morgan fingerprint density at radius 3 is 2.17 bits per heavy atom. The van der Waals surface area contributed by atoms with E-state index in [9.17, 15) is 22.4 Å². The summed E-state index contributed by atoms with van der Waals surface area (Å²) in [6, 6.07) is 19.6. The van der Waals surface area contributed by atoms with Gasteiger partial charge in [-0.1, -0.05) is 42.5 Å². The zero-order valence-electron chi connectivity index (χ0n) is 19.7. The van der Waals surface area contributed by atoms with Crippen LogP contribution in [0.25, 0.3) is 0 Å². The van der Waals surface area contributed by atoms with Crippen molar-refractivity contribution in [3.63, 3.8) is 0 Å². The van der Waals surface area contributed by atoms with Crippen LogP contribution in [0.4, 0.5) is 4.39 Å². The molecule has 4 rings (SSSR count). The predicted molar refractivity (Wildman–Crippen MR) is 132 cm³/mol. The molecular weight excluding hydrogens is 483 g/mol. The number of ketones is 1. The van der Waals surface area contributed by atoms with E-state index >= 15 is 0 Å². The number of sulfonamides is 1. The number of Topliss-reactive ketones (excluding diaryl/α,β-unsaturated/α-hetero) is 1. The van der Waals surface area contributed by atoms with Crippen molar-refractivity contribution in [1.82, 2.24) is 10.0 Å². The first-order chi connectivity index (χ1) is 17.1. The lowest BCUT2D eigenvalue weighted by molar-refractivity contribution is -0.120. The molecule has 3 aromatic rings. The fourth-order valence-corrected chi connectivity index (χ4v) is 5.28. The van der Waals surface area contributed by atoms with E-state index < -0.39 is 33.3 Å². The first-order valence-corrected chi connectivity index (χ1v) is 13.0. The molecule has 1 aliphatic heterocycles. The molecule has 0 aromatic heterocycles. The van der Waals surface area contributed by atoms with Gasteiger partial charge in [-0.2, -0.15) is 0 Å². The maximum atomic E-state index is 13.2. The average molecular weight is 511 g/mol. The van der Waals surface area contributed by atoms with Gasteiger partial charge in [0.1, 0.15) is 5.82 Å². The summed E-state index contributed by atoms with van der Waals surface area (Å²) >= 11 is 0. The summed E-state index contributed by atoms with van der Waals surface area (Å²) in [5.74, 6) is -1.17. The third-order valence-electron chi connectivity index (χ3n) is 5.92. The molecule has 1 atom stereocenters. The molecule has 2 N–H and O–H groups in total. The second kappa shape index (κ2) is 10.7. The molecule has 7 nitrogen and oxygen atoms in total. The van der Waals surface area contributed by atoms with Gasteiger partial charge < -0.3 is 10.1 Å². The van der Waals surface area contributed by atoms with Crippen LogP contribution in [0.5, 0.6) is 0 Å². The fraction of sp³-hybridized carbons (Fsp3) is 0.259. The van der Waals surface area contributed by atoms with Gasteiger partial charge in [-0.15, -0.1) is 0 Å². The van der Waals surface area contributed by atoms with Crippen LogP contribution in [-0.2, 0) is 32.4 Å². The number of nitrogens with one attached hydrogen (secondary N) is 2. The first-order valence-electron chi connectivity index (χ1n) is 11.5. The summed E-state index contributed by atoms with van der Waals surface area (Å²) in [4.78, 5) is 26.1. The third kappa shape index (κ3) is 6.42. The Morgan fingerprint density at radius 1 is 0.944 bits per heavy atom. The van der Waals surface area contributed by atoms with Crippen LogP contribution < -0.4 is 10.0 Å². The Hall–Kier alpha value is -3.40. The fourth-order valence-electron chi connectivity index (χ4n) is 3.90. The van der Waals surface area contributed by atoms with E-state index in [0.29, 0.717) is 18.8 Å². The van der Waals surface area contributed by atoms with Crippen LogP contribution in [0, 0.1) is 5.82 Å². The summed E-state index contributed by atoms with van der Waals surface area (Å²) in [6.45, 7) is 2.39. The van der Waals surface area contributed by atoms with Gasteiger partial charge in [0.2, 0.25) is 10.0 Å². The van der Waals surface area contributed by atoms with Gasteiger partial charge in [0.05, 0.1) is 29.7 Å². The number of hydrogen-bond acceptors (Lipinski definition) is 5. The molecule has 0 aliphatic carbocycles. The zero-order valence-corrected chi connectivity index (χ0v) is 20.6. The second-order valence-corrected chi connectivity index (χ2v) is 10.9. The molecule has 3 aromatic carbocycles. The Bertz CT molecular complexity index is 1320. The summed E-state index contributed by atoms with van der Waals surface area (Å²) in [6.07, 6.45) is 0.282. The molecule has 1 saturated heterocycles. The molecule has 9 heteroatoms. The smallest absolute Gasteiger partial charge is 0.251 e. The lowest BCUT2D eigenvalue weighted by atomic mass is 9.97. The molecule has 1 fully saturated rings. The van der Waals surface area contributed by atoms with E-state index in [1.165, 1.54) is 36.4 Å². The van der Waals surface area contributed by atoms with Crippen molar-refractivity contribution in [2.75, 3.05) is 13.2 Å². The predicted octanol–water partition coefficient (Wildman–Crippen LogP) is 3.05. The molecule has 0 bridgehead atoms. The minimum atomic E-state index is -3.73. The number of halogens is 1. The Labute approximate surface area is 209 Å². The number of rotatable bonds is 10. The monoisotopic (exact) mass is 510 g/mol. The number of hydrogen-bond donors (Lipinski definition) is 2. The zero-order chi connectivity index (χ0) is 25.8. The average Bonchev–Trinajstić information content (AvgIpc) is 2.84. The van der Waals surface area contributed by atoms with Crippen LogP contribution in [0.3, 0.4) is 0 Å². The van der Waals surface area contributed by atoms with E-state index in [-0.39, 0.29) is 29.1 Å². The van der Waals surface area contributed by atoms with E-state index in [1.807, 2.05) is 30.3 Å². The number of carbonyl (C=O) groups excluding carboxylic acids is 2. The number of carbonyl (C=O) groups is 2. The van der Waals surface area contributed by atoms with Crippen molar-refractivity contribution in [2.24, 2.45) is 0 Å². The number of amides is 1. The highest BCUT2D eigenvalue weighted by Crippen LogP contribution is 2.20. The quantitative estimate of drug-likeness (QED) is 0.437. The summed E-state index contributed by atoms with van der Waals surface area (Å²) in [5, 5.41) is 2.77. The Morgan fingerprint density at radius 2 is 1.58 bits per heavy atom. The highest BCUT2D eigenvalue weighted by molar-refractivity contribution is 7.89. The van der Waals surface area contributed by atoms with Crippen LogP contribution in [0.2, 0.25) is 0 Å². The van der Waals surface area contributed by atoms with Gasteiger partial charge in [0, 0.05) is 12.0 Å². The number of benzene rings is 3. The second-order valence-electron chi connectivity index (χ2n) is 9.17. The number of ether oxygens (including phenoxy) is 1. The lowest BCUT2D eigenvalue weighted by Crippen LogP contribution is -2.59. The van der Waals surface area contributed by atoms with Crippen molar-refractivity contribution >= 4 is 21.7 Å². The molecule has 1 heterocycles. The van der Waals surface area contributed by atoms with Gasteiger partial charge >= 0.3 is 0 Å². The van der Waals surface area contributed by atoms with Crippen molar-refractivity contribution in [2.45, 2.75) is 36.2 Å². The molecule has 0 spiro atoms. The molecular formula is C27H27FN2O5S. The van der Waals surface area contributed by atoms with Crippen molar-refractivity contribution in [1.29, 1.82) is 0 Å². The van der Waals surface area contributed by atoms with Crippen molar-refractivity contribution in [3.05, 3.63) is 101 Å². The van der Waals surface area contributed by atoms with E-state index in [0.717, 1.165) is 5.56 Å². The SMILES string of the molecule is CC1(NS(=O)(=O)c2ccc(CC(=O)[C@H](Cc3ccccc3)NC(=O)c3ccc(F)cc3)cc2)COC1. The maximum absolute atomic E-state index is 13.2. The molecule has 0 unspecified atom stereocenters. The normalized spacial score (nSPS) is 15.5. The van der Waals surface area contributed by atoms with E-state index in [4.69, 9.17) is 4.74 Å². The minimum Gasteiger partial charge on any atom is -0.377 e. The van der Waals surface area contributed by atoms with Gasteiger partial charge in [-0.25, -0.2) is 17.5 Å². The molecule has 0 radical (unpaired) electrons. The third-order valence-corrected chi connectivity index (χ3v) is 7.57. The molecule has 36 heavy (non-hydrogen) atoms. The Balaban J connectivity index is 1.47. The highest BCUT2D eigenvalue weighted by atomic mass is 32.2. The minimum absolute atomic E-state index is 0.000505. The standard InChI is InChI=1S/C27H27FN2O5S/c1-27(17-35-18-27)30-36(33,34)23-13-7-20(8-14-23)16-25(31)24(15-19-5-3-2-4-6-19)29-26(32)21-9-11-22(28)12-10-21/h2-14,24,30H,15-18H2,1H3,(H,29,32)/t24-/m0/s1. The van der Waals surface area contributed by atoms with Crippen LogP contribution in [0.15, 0.2) is 83.8 Å². The largest absolute Gasteiger partial charge is 0.377 e. The highest BCUT2D eigenvalue weighted by Gasteiger charge is 2.37. The molecule has 0 saturated carbocycles. The molecule has 1 aliphatic rings. The lowest BCUT2D eigenvalue weighted by Gasteiger charge is -2.38. The van der Waals surface area contributed by atoms with E-state index in [2.05, 4.69) is 10.0 Å². The summed E-state index contributed by atoms with van der Waals surface area (Å²) in [7, 11) is -3.73. The summed E-state index contributed by atoms with van der Waals surface area (Å²) < 4.78 is 46.3. The van der Waals surface area contributed by atoms with Crippen LogP contribution >= 0.6 is 0 Å². The van der Waals surface area contributed by atoms with E-state index in [1.54, 1.807) is 19.1 Å². The molecule has 188 valence electrons. The summed E-state index contributed by atoms with van der Waals surface area (Å²) in [5.41, 5.74) is 1.11. The van der Waals surface area contributed by atoms with Gasteiger partial charge in [-0.3, -0.25) is 9.59 Å². The van der Waals surface area contributed by atoms with Gasteiger partial charge in [-0.05, 0) is 60.9 Å².